The van der Waals surface area contributed by atoms with E-state index in [0.717, 1.165) is 18.1 Å². The van der Waals surface area contributed by atoms with Crippen LogP contribution in [-0.2, 0) is 9.53 Å². The summed E-state index contributed by atoms with van der Waals surface area (Å²) >= 11 is 1.84. The molecule has 0 bridgehead atoms. The van der Waals surface area contributed by atoms with E-state index < -0.39 is 5.97 Å². The van der Waals surface area contributed by atoms with Crippen molar-refractivity contribution in [2.24, 2.45) is 0 Å². The summed E-state index contributed by atoms with van der Waals surface area (Å²) < 4.78 is 4.73. The first-order valence-corrected chi connectivity index (χ1v) is 6.58. The molecule has 1 unspecified atom stereocenters. The van der Waals surface area contributed by atoms with Crippen molar-refractivity contribution >= 4 is 23.8 Å². The van der Waals surface area contributed by atoms with Gasteiger partial charge in [0.25, 0.3) is 0 Å². The smallest absolute Gasteiger partial charge is 0.325 e. The van der Waals surface area contributed by atoms with Crippen molar-refractivity contribution in [2.45, 2.75) is 19.9 Å². The van der Waals surface area contributed by atoms with Crippen LogP contribution >= 0.6 is 11.8 Å². The van der Waals surface area contributed by atoms with E-state index in [-0.39, 0.29) is 18.6 Å². The second-order valence-electron chi connectivity index (χ2n) is 3.58. The molecule has 0 aliphatic carbocycles. The van der Waals surface area contributed by atoms with Gasteiger partial charge in [0.1, 0.15) is 6.54 Å². The van der Waals surface area contributed by atoms with Crippen LogP contribution in [0.2, 0.25) is 0 Å². The second kappa shape index (κ2) is 6.62. The Hall–Kier alpha value is -0.910. The Morgan fingerprint density at radius 1 is 1.56 bits per heavy atom. The molecule has 0 spiro atoms. The number of amides is 2. The zero-order chi connectivity index (χ0) is 12.0. The van der Waals surface area contributed by atoms with Gasteiger partial charge in [-0.2, -0.15) is 11.8 Å². The number of nitrogens with one attached hydrogen (secondary N) is 1. The Balaban J connectivity index is 2.31. The summed E-state index contributed by atoms with van der Waals surface area (Å²) in [6, 6.07) is 0.0433. The van der Waals surface area contributed by atoms with Crippen LogP contribution in [0.3, 0.4) is 0 Å². The summed E-state index contributed by atoms with van der Waals surface area (Å²) in [6.45, 7) is 4.77. The number of ether oxygens (including phenoxy) is 1. The van der Waals surface area contributed by atoms with Gasteiger partial charge in [0, 0.05) is 24.1 Å². The van der Waals surface area contributed by atoms with Gasteiger partial charge in [0.2, 0.25) is 0 Å². The third-order valence-corrected chi connectivity index (χ3v) is 3.51. The quantitative estimate of drug-likeness (QED) is 0.745. The molecule has 1 aliphatic rings. The van der Waals surface area contributed by atoms with Crippen LogP contribution in [0.5, 0.6) is 0 Å². The molecule has 0 aromatic carbocycles. The van der Waals surface area contributed by atoms with Crippen molar-refractivity contribution < 1.29 is 14.3 Å². The van der Waals surface area contributed by atoms with Gasteiger partial charge in [-0.05, 0) is 13.8 Å². The molecule has 92 valence electrons. The Bertz CT molecular complexity index is 260. The zero-order valence-electron chi connectivity index (χ0n) is 9.69. The Labute approximate surface area is 99.9 Å². The predicted octanol–water partition coefficient (Wildman–Crippen LogP) is 0.696. The van der Waals surface area contributed by atoms with Crippen molar-refractivity contribution in [3.8, 4) is 0 Å². The van der Waals surface area contributed by atoms with E-state index in [9.17, 15) is 9.59 Å². The van der Waals surface area contributed by atoms with Gasteiger partial charge in [-0.3, -0.25) is 4.79 Å². The molecular weight excluding hydrogens is 228 g/mol. The lowest BCUT2D eigenvalue weighted by atomic mass is 10.3. The van der Waals surface area contributed by atoms with Crippen LogP contribution in [0.1, 0.15) is 13.8 Å². The fourth-order valence-electron chi connectivity index (χ4n) is 1.49. The fraction of sp³-hybridized carbons (Fsp3) is 0.800. The lowest BCUT2D eigenvalue weighted by molar-refractivity contribution is -0.141. The first-order chi connectivity index (χ1) is 7.65. The van der Waals surface area contributed by atoms with Gasteiger partial charge in [0.05, 0.1) is 6.61 Å². The molecule has 1 atom stereocenters. The van der Waals surface area contributed by atoms with Crippen LogP contribution in [-0.4, -0.2) is 54.1 Å². The Morgan fingerprint density at radius 3 is 2.94 bits per heavy atom. The monoisotopic (exact) mass is 246 g/mol. The third kappa shape index (κ3) is 3.92. The van der Waals surface area contributed by atoms with Crippen LogP contribution < -0.4 is 5.32 Å². The largest absolute Gasteiger partial charge is 0.465 e. The van der Waals surface area contributed by atoms with Gasteiger partial charge in [0.15, 0.2) is 0 Å². The second-order valence-corrected chi connectivity index (χ2v) is 4.73. The first kappa shape index (κ1) is 13.2. The third-order valence-electron chi connectivity index (χ3n) is 2.32. The number of hydrogen-bond donors (Lipinski definition) is 1. The van der Waals surface area contributed by atoms with E-state index in [1.54, 1.807) is 11.8 Å². The highest BCUT2D eigenvalue weighted by molar-refractivity contribution is 7.99. The SMILES string of the molecule is CCOC(=O)CNC(=O)N1CCSCC1C. The van der Waals surface area contributed by atoms with Crippen LogP contribution in [0, 0.1) is 0 Å². The summed E-state index contributed by atoms with van der Waals surface area (Å²) in [6.07, 6.45) is 0. The molecule has 0 aromatic rings. The minimum Gasteiger partial charge on any atom is -0.465 e. The van der Waals surface area contributed by atoms with Gasteiger partial charge in [-0.25, -0.2) is 4.79 Å². The number of urea groups is 1. The zero-order valence-corrected chi connectivity index (χ0v) is 10.5. The highest BCUT2D eigenvalue weighted by Crippen LogP contribution is 2.15. The average Bonchev–Trinajstić information content (AvgIpc) is 2.27. The van der Waals surface area contributed by atoms with E-state index >= 15 is 0 Å². The molecule has 5 nitrogen and oxygen atoms in total. The topological polar surface area (TPSA) is 58.6 Å². The molecule has 16 heavy (non-hydrogen) atoms. The number of esters is 1. The summed E-state index contributed by atoms with van der Waals surface area (Å²) in [4.78, 5) is 24.5. The summed E-state index contributed by atoms with van der Waals surface area (Å²) in [7, 11) is 0. The van der Waals surface area contributed by atoms with Crippen molar-refractivity contribution in [1.29, 1.82) is 0 Å². The number of thioether (sulfide) groups is 1. The van der Waals surface area contributed by atoms with Crippen molar-refractivity contribution in [2.75, 3.05) is 31.2 Å². The normalized spacial score (nSPS) is 20.4. The predicted molar refractivity (Wildman–Crippen MR) is 63.5 cm³/mol. The summed E-state index contributed by atoms with van der Waals surface area (Å²) in [5, 5.41) is 2.57. The molecule has 0 radical (unpaired) electrons. The average molecular weight is 246 g/mol. The van der Waals surface area contributed by atoms with Crippen LogP contribution in [0.25, 0.3) is 0 Å². The van der Waals surface area contributed by atoms with Gasteiger partial charge >= 0.3 is 12.0 Å². The molecule has 1 aliphatic heterocycles. The standard InChI is InChI=1S/C10H18N2O3S/c1-3-15-9(13)6-11-10(14)12-4-5-16-7-8(12)2/h8H,3-7H2,1-2H3,(H,11,14). The number of nitrogens with zero attached hydrogens (tertiary/aromatic N) is 1. The van der Waals surface area contributed by atoms with Crippen LogP contribution in [0.4, 0.5) is 4.79 Å². The number of rotatable bonds is 3. The molecule has 1 saturated heterocycles. The maximum atomic E-state index is 11.7. The van der Waals surface area contributed by atoms with Crippen molar-refractivity contribution in [3.63, 3.8) is 0 Å². The molecule has 1 heterocycles. The maximum Gasteiger partial charge on any atom is 0.325 e. The van der Waals surface area contributed by atoms with Gasteiger partial charge in [-0.1, -0.05) is 0 Å². The number of hydrogen-bond acceptors (Lipinski definition) is 4. The fourth-order valence-corrected chi connectivity index (χ4v) is 2.50. The Kier molecular flexibility index (Phi) is 5.45. The van der Waals surface area contributed by atoms with E-state index in [4.69, 9.17) is 4.74 Å². The van der Waals surface area contributed by atoms with Crippen molar-refractivity contribution in [3.05, 3.63) is 0 Å². The lowest BCUT2D eigenvalue weighted by Crippen LogP contribution is -2.50. The highest BCUT2D eigenvalue weighted by atomic mass is 32.2. The molecule has 1 rings (SSSR count). The highest BCUT2D eigenvalue weighted by Gasteiger charge is 2.23. The Morgan fingerprint density at radius 2 is 2.31 bits per heavy atom. The summed E-state index contributed by atoms with van der Waals surface area (Å²) in [5.41, 5.74) is 0. The molecule has 0 saturated carbocycles. The minimum absolute atomic E-state index is 0.0525. The van der Waals surface area contributed by atoms with E-state index in [1.165, 1.54) is 0 Å². The van der Waals surface area contributed by atoms with E-state index in [0.29, 0.717) is 6.61 Å². The maximum absolute atomic E-state index is 11.7. The van der Waals surface area contributed by atoms with Gasteiger partial charge in [-0.15, -0.1) is 0 Å². The summed E-state index contributed by atoms with van der Waals surface area (Å²) in [5.74, 6) is 1.51. The minimum atomic E-state index is -0.394. The molecule has 1 N–H and O–H groups in total. The lowest BCUT2D eigenvalue weighted by Gasteiger charge is -2.32. The van der Waals surface area contributed by atoms with Crippen molar-refractivity contribution in [1.82, 2.24) is 10.2 Å². The molecule has 0 aromatic heterocycles. The van der Waals surface area contributed by atoms with E-state index in [2.05, 4.69) is 5.32 Å². The van der Waals surface area contributed by atoms with Crippen LogP contribution in [0.15, 0.2) is 0 Å². The number of carbonyl (C=O) groups excluding carboxylic acids is 2. The molecule has 1 fully saturated rings. The van der Waals surface area contributed by atoms with Gasteiger partial charge < -0.3 is 15.0 Å². The van der Waals surface area contributed by atoms with E-state index in [1.807, 2.05) is 18.7 Å². The molecule has 2 amide bonds. The molecule has 6 heteroatoms. The number of carbonyl (C=O) groups is 2. The first-order valence-electron chi connectivity index (χ1n) is 5.43. The molecular formula is C10H18N2O3S.